The number of anilines is 2. The van der Waals surface area contributed by atoms with Crippen LogP contribution in [0.15, 0.2) is 18.2 Å². The van der Waals surface area contributed by atoms with E-state index in [1.54, 1.807) is 6.07 Å². The summed E-state index contributed by atoms with van der Waals surface area (Å²) in [6.07, 6.45) is 2.71. The largest absolute Gasteiger partial charge is 0.372 e. The second-order valence-corrected chi connectivity index (χ2v) is 6.91. The Labute approximate surface area is 143 Å². The molecule has 2 amide bonds. The SMILES string of the molecule is CN1CCC(CNC(=O)c2ccc3c(c2)NC(=O)CCN3C)CC1. The van der Waals surface area contributed by atoms with Crippen molar-refractivity contribution in [1.29, 1.82) is 0 Å². The van der Waals surface area contributed by atoms with Crippen LogP contribution in [0, 0.1) is 5.92 Å². The Kier molecular flexibility index (Phi) is 5.04. The first-order valence-corrected chi connectivity index (χ1v) is 8.64. The summed E-state index contributed by atoms with van der Waals surface area (Å²) in [5, 5.41) is 5.94. The highest BCUT2D eigenvalue weighted by Gasteiger charge is 2.20. The van der Waals surface area contributed by atoms with Crippen molar-refractivity contribution in [2.24, 2.45) is 5.92 Å². The topological polar surface area (TPSA) is 64.7 Å². The van der Waals surface area contributed by atoms with Crippen molar-refractivity contribution in [3.63, 3.8) is 0 Å². The van der Waals surface area contributed by atoms with Crippen LogP contribution >= 0.6 is 0 Å². The van der Waals surface area contributed by atoms with Gasteiger partial charge in [0.15, 0.2) is 0 Å². The molecule has 2 aliphatic heterocycles. The van der Waals surface area contributed by atoms with Gasteiger partial charge in [0, 0.05) is 32.1 Å². The number of nitrogens with one attached hydrogen (secondary N) is 2. The second-order valence-electron chi connectivity index (χ2n) is 6.91. The Bertz CT molecular complexity index is 623. The molecule has 0 spiro atoms. The van der Waals surface area contributed by atoms with Gasteiger partial charge in [-0.3, -0.25) is 9.59 Å². The Hall–Kier alpha value is -2.08. The van der Waals surface area contributed by atoms with E-state index in [0.29, 0.717) is 30.1 Å². The number of nitrogens with zero attached hydrogens (tertiary/aromatic N) is 2. The van der Waals surface area contributed by atoms with Crippen molar-refractivity contribution in [3.8, 4) is 0 Å². The van der Waals surface area contributed by atoms with E-state index >= 15 is 0 Å². The van der Waals surface area contributed by atoms with Gasteiger partial charge < -0.3 is 20.4 Å². The Morgan fingerprint density at radius 2 is 2.00 bits per heavy atom. The monoisotopic (exact) mass is 330 g/mol. The van der Waals surface area contributed by atoms with Gasteiger partial charge in [0.1, 0.15) is 0 Å². The number of carbonyl (C=O) groups is 2. The number of rotatable bonds is 3. The van der Waals surface area contributed by atoms with Crippen LogP contribution in [0.4, 0.5) is 11.4 Å². The van der Waals surface area contributed by atoms with Crippen LogP contribution in [-0.2, 0) is 4.79 Å². The van der Waals surface area contributed by atoms with Crippen molar-refractivity contribution < 1.29 is 9.59 Å². The van der Waals surface area contributed by atoms with E-state index in [9.17, 15) is 9.59 Å². The molecule has 0 radical (unpaired) electrons. The van der Waals surface area contributed by atoms with Gasteiger partial charge >= 0.3 is 0 Å². The van der Waals surface area contributed by atoms with E-state index in [0.717, 1.165) is 38.2 Å². The first kappa shape index (κ1) is 16.8. The van der Waals surface area contributed by atoms with Crippen LogP contribution in [0.2, 0.25) is 0 Å². The van der Waals surface area contributed by atoms with Crippen LogP contribution < -0.4 is 15.5 Å². The molecule has 0 atom stereocenters. The second kappa shape index (κ2) is 7.21. The molecular formula is C18H26N4O2. The lowest BCUT2D eigenvalue weighted by Gasteiger charge is -2.29. The minimum Gasteiger partial charge on any atom is -0.372 e. The lowest BCUT2D eigenvalue weighted by atomic mass is 9.97. The van der Waals surface area contributed by atoms with Gasteiger partial charge in [-0.1, -0.05) is 0 Å². The summed E-state index contributed by atoms with van der Waals surface area (Å²) in [6.45, 7) is 3.59. The zero-order valence-corrected chi connectivity index (χ0v) is 14.5. The Morgan fingerprint density at radius 3 is 2.75 bits per heavy atom. The standard InChI is InChI=1S/C18H26N4O2/c1-21-8-5-13(6-9-21)12-19-18(24)14-3-4-16-15(11-14)20-17(23)7-10-22(16)2/h3-4,11,13H,5-10,12H2,1-2H3,(H,19,24)(H,20,23). The van der Waals surface area contributed by atoms with E-state index < -0.39 is 0 Å². The minimum absolute atomic E-state index is 0.00974. The molecule has 2 N–H and O–H groups in total. The predicted molar refractivity (Wildman–Crippen MR) is 95.5 cm³/mol. The third-order valence-electron chi connectivity index (χ3n) is 5.01. The van der Waals surface area contributed by atoms with Crippen LogP contribution in [0.25, 0.3) is 0 Å². The van der Waals surface area contributed by atoms with Gasteiger partial charge in [0.2, 0.25) is 5.91 Å². The van der Waals surface area contributed by atoms with Crippen molar-refractivity contribution in [2.45, 2.75) is 19.3 Å². The molecular weight excluding hydrogens is 304 g/mol. The number of fused-ring (bicyclic) bond motifs is 1. The minimum atomic E-state index is -0.0714. The van der Waals surface area contributed by atoms with Crippen LogP contribution in [0.1, 0.15) is 29.6 Å². The average molecular weight is 330 g/mol. The zero-order valence-electron chi connectivity index (χ0n) is 14.5. The molecule has 0 bridgehead atoms. The molecule has 2 aliphatic rings. The number of hydrogen-bond acceptors (Lipinski definition) is 4. The van der Waals surface area contributed by atoms with Crippen LogP contribution in [0.5, 0.6) is 0 Å². The number of carbonyl (C=O) groups excluding carboxylic acids is 2. The number of benzene rings is 1. The fraction of sp³-hybridized carbons (Fsp3) is 0.556. The smallest absolute Gasteiger partial charge is 0.251 e. The van der Waals surface area contributed by atoms with Gasteiger partial charge in [-0.2, -0.15) is 0 Å². The molecule has 1 fully saturated rings. The fourth-order valence-electron chi connectivity index (χ4n) is 3.32. The van der Waals surface area contributed by atoms with E-state index in [-0.39, 0.29) is 11.8 Å². The summed E-state index contributed by atoms with van der Waals surface area (Å²) in [5.74, 6) is 0.471. The first-order valence-electron chi connectivity index (χ1n) is 8.64. The molecule has 2 heterocycles. The molecule has 3 rings (SSSR count). The summed E-state index contributed by atoms with van der Waals surface area (Å²) in [5.41, 5.74) is 2.26. The van der Waals surface area contributed by atoms with Crippen LogP contribution in [-0.4, -0.2) is 57.0 Å². The maximum atomic E-state index is 12.4. The highest BCUT2D eigenvalue weighted by molar-refractivity contribution is 6.00. The summed E-state index contributed by atoms with van der Waals surface area (Å²) in [7, 11) is 4.09. The molecule has 1 aromatic carbocycles. The fourth-order valence-corrected chi connectivity index (χ4v) is 3.32. The quantitative estimate of drug-likeness (QED) is 0.882. The van der Waals surface area contributed by atoms with E-state index in [4.69, 9.17) is 0 Å². The maximum absolute atomic E-state index is 12.4. The maximum Gasteiger partial charge on any atom is 0.251 e. The lowest BCUT2D eigenvalue weighted by molar-refractivity contribution is -0.115. The molecule has 6 nitrogen and oxygen atoms in total. The number of amides is 2. The summed E-state index contributed by atoms with van der Waals surface area (Å²) < 4.78 is 0. The molecule has 0 aromatic heterocycles. The molecule has 0 saturated carbocycles. The van der Waals surface area contributed by atoms with Gasteiger partial charge in [0.25, 0.3) is 5.91 Å². The zero-order chi connectivity index (χ0) is 17.1. The summed E-state index contributed by atoms with van der Waals surface area (Å²) in [6, 6.07) is 5.52. The van der Waals surface area contributed by atoms with Gasteiger partial charge in [-0.15, -0.1) is 0 Å². The normalized spacial score (nSPS) is 19.4. The summed E-state index contributed by atoms with van der Waals surface area (Å²) in [4.78, 5) is 28.6. The molecule has 0 unspecified atom stereocenters. The van der Waals surface area contributed by atoms with Gasteiger partial charge in [-0.25, -0.2) is 0 Å². The van der Waals surface area contributed by atoms with E-state index in [2.05, 4.69) is 22.6 Å². The van der Waals surface area contributed by atoms with Crippen molar-refractivity contribution in [3.05, 3.63) is 23.8 Å². The highest BCUT2D eigenvalue weighted by atomic mass is 16.2. The van der Waals surface area contributed by atoms with E-state index in [1.807, 2.05) is 24.1 Å². The molecule has 130 valence electrons. The Morgan fingerprint density at radius 1 is 1.25 bits per heavy atom. The molecule has 0 aliphatic carbocycles. The van der Waals surface area contributed by atoms with Crippen LogP contribution in [0.3, 0.4) is 0 Å². The third-order valence-corrected chi connectivity index (χ3v) is 5.01. The van der Waals surface area contributed by atoms with Gasteiger partial charge in [-0.05, 0) is 57.1 Å². The number of hydrogen-bond donors (Lipinski definition) is 2. The van der Waals surface area contributed by atoms with E-state index in [1.165, 1.54) is 0 Å². The molecule has 24 heavy (non-hydrogen) atoms. The number of piperidine rings is 1. The van der Waals surface area contributed by atoms with Crippen molar-refractivity contribution in [2.75, 3.05) is 50.5 Å². The first-order chi connectivity index (χ1) is 11.5. The van der Waals surface area contributed by atoms with Crippen molar-refractivity contribution >= 4 is 23.2 Å². The number of likely N-dealkylation sites (tertiary alicyclic amines) is 1. The molecule has 1 saturated heterocycles. The lowest BCUT2D eigenvalue weighted by Crippen LogP contribution is -2.36. The average Bonchev–Trinajstić information content (AvgIpc) is 2.72. The molecule has 1 aromatic rings. The van der Waals surface area contributed by atoms with Crippen molar-refractivity contribution in [1.82, 2.24) is 10.2 Å². The van der Waals surface area contributed by atoms with Gasteiger partial charge in [0.05, 0.1) is 11.4 Å². The molecule has 6 heteroatoms. The summed E-state index contributed by atoms with van der Waals surface area (Å²) >= 11 is 0. The Balaban J connectivity index is 1.64. The predicted octanol–water partition coefficient (Wildman–Crippen LogP) is 1.54. The highest BCUT2D eigenvalue weighted by Crippen LogP contribution is 2.29. The third kappa shape index (κ3) is 3.87.